The number of hydrogen-bond donors (Lipinski definition) is 1. The van der Waals surface area contributed by atoms with Gasteiger partial charge in [0.2, 0.25) is 0 Å². The molecule has 0 heterocycles. The van der Waals surface area contributed by atoms with Crippen LogP contribution in [0, 0.1) is 18.3 Å². The normalized spacial score (nSPS) is 10.5. The summed E-state index contributed by atoms with van der Waals surface area (Å²) in [6.45, 7) is 7.15. The molecule has 1 N–H and O–H groups in total. The zero-order valence-corrected chi connectivity index (χ0v) is 10.2. The van der Waals surface area contributed by atoms with E-state index in [0.717, 1.165) is 22.8 Å². The SMILES string of the molecule is Cc1cc(Cl)ccc1N(C=N)CC(C)C. The van der Waals surface area contributed by atoms with Crippen molar-refractivity contribution in [2.75, 3.05) is 11.4 Å². The number of benzene rings is 1. The van der Waals surface area contributed by atoms with Gasteiger partial charge in [-0.3, -0.25) is 5.41 Å². The molecule has 0 aliphatic rings. The molecule has 0 fully saturated rings. The van der Waals surface area contributed by atoms with Crippen molar-refractivity contribution >= 4 is 23.6 Å². The van der Waals surface area contributed by atoms with Crippen LogP contribution in [-0.2, 0) is 0 Å². The molecule has 0 amide bonds. The van der Waals surface area contributed by atoms with Crippen LogP contribution in [0.3, 0.4) is 0 Å². The van der Waals surface area contributed by atoms with Gasteiger partial charge in [0.1, 0.15) is 0 Å². The summed E-state index contributed by atoms with van der Waals surface area (Å²) in [4.78, 5) is 1.94. The Balaban J connectivity index is 2.96. The third-order valence-corrected chi connectivity index (χ3v) is 2.42. The third-order valence-electron chi connectivity index (χ3n) is 2.19. The molecule has 0 radical (unpaired) electrons. The molecular weight excluding hydrogens is 208 g/mol. The Kier molecular flexibility index (Phi) is 4.15. The molecule has 0 aromatic heterocycles. The van der Waals surface area contributed by atoms with Crippen molar-refractivity contribution < 1.29 is 0 Å². The van der Waals surface area contributed by atoms with Crippen LogP contribution in [0.5, 0.6) is 0 Å². The zero-order valence-electron chi connectivity index (χ0n) is 9.42. The second-order valence-corrected chi connectivity index (χ2v) is 4.54. The number of halogens is 1. The van der Waals surface area contributed by atoms with Gasteiger partial charge in [-0.2, -0.15) is 0 Å². The van der Waals surface area contributed by atoms with Crippen LogP contribution in [0.15, 0.2) is 18.2 Å². The summed E-state index contributed by atoms with van der Waals surface area (Å²) >= 11 is 5.89. The van der Waals surface area contributed by atoms with E-state index in [1.807, 2.05) is 30.0 Å². The maximum absolute atomic E-state index is 7.41. The van der Waals surface area contributed by atoms with Crippen LogP contribution in [0.25, 0.3) is 0 Å². The van der Waals surface area contributed by atoms with Crippen LogP contribution in [0.2, 0.25) is 5.02 Å². The van der Waals surface area contributed by atoms with E-state index in [9.17, 15) is 0 Å². The first kappa shape index (κ1) is 12.1. The fourth-order valence-corrected chi connectivity index (χ4v) is 1.78. The van der Waals surface area contributed by atoms with E-state index in [2.05, 4.69) is 13.8 Å². The highest BCUT2D eigenvalue weighted by molar-refractivity contribution is 6.30. The Hall–Kier alpha value is -1.02. The van der Waals surface area contributed by atoms with Gasteiger partial charge >= 0.3 is 0 Å². The molecule has 0 atom stereocenters. The molecule has 3 heteroatoms. The van der Waals surface area contributed by atoms with E-state index in [-0.39, 0.29) is 0 Å². The maximum atomic E-state index is 7.41. The topological polar surface area (TPSA) is 27.1 Å². The Morgan fingerprint density at radius 3 is 2.60 bits per heavy atom. The number of rotatable bonds is 4. The first-order valence-corrected chi connectivity index (χ1v) is 5.45. The van der Waals surface area contributed by atoms with Gasteiger partial charge in [0.05, 0.1) is 6.34 Å². The fourth-order valence-electron chi connectivity index (χ4n) is 1.56. The number of aryl methyl sites for hydroxylation is 1. The van der Waals surface area contributed by atoms with Gasteiger partial charge in [-0.1, -0.05) is 25.4 Å². The first-order chi connectivity index (χ1) is 7.04. The second-order valence-electron chi connectivity index (χ2n) is 4.11. The maximum Gasteiger partial charge on any atom is 0.0861 e. The zero-order chi connectivity index (χ0) is 11.4. The Morgan fingerprint density at radius 1 is 1.47 bits per heavy atom. The molecule has 0 bridgehead atoms. The molecule has 0 spiro atoms. The van der Waals surface area contributed by atoms with Crippen molar-refractivity contribution in [3.05, 3.63) is 28.8 Å². The summed E-state index contributed by atoms with van der Waals surface area (Å²) in [5.74, 6) is 0.529. The van der Waals surface area contributed by atoms with Crippen LogP contribution in [-0.4, -0.2) is 12.9 Å². The molecule has 0 aliphatic carbocycles. The lowest BCUT2D eigenvalue weighted by Crippen LogP contribution is -2.26. The van der Waals surface area contributed by atoms with Gasteiger partial charge < -0.3 is 4.90 Å². The van der Waals surface area contributed by atoms with Gasteiger partial charge in [0.25, 0.3) is 0 Å². The highest BCUT2D eigenvalue weighted by Crippen LogP contribution is 2.23. The fraction of sp³-hybridized carbons (Fsp3) is 0.417. The van der Waals surface area contributed by atoms with Gasteiger partial charge in [0, 0.05) is 17.3 Å². The quantitative estimate of drug-likeness (QED) is 0.613. The van der Waals surface area contributed by atoms with Crippen LogP contribution < -0.4 is 4.90 Å². The molecule has 0 unspecified atom stereocenters. The molecular formula is C12H17ClN2. The molecule has 1 aromatic rings. The minimum absolute atomic E-state index is 0.529. The summed E-state index contributed by atoms with van der Waals surface area (Å²) in [6.07, 6.45) is 1.37. The summed E-state index contributed by atoms with van der Waals surface area (Å²) in [5, 5.41) is 8.15. The minimum Gasteiger partial charge on any atom is -0.332 e. The lowest BCUT2D eigenvalue weighted by Gasteiger charge is -2.23. The van der Waals surface area contributed by atoms with E-state index in [1.54, 1.807) is 0 Å². The van der Waals surface area contributed by atoms with Crippen LogP contribution in [0.4, 0.5) is 5.69 Å². The molecule has 0 saturated carbocycles. The first-order valence-electron chi connectivity index (χ1n) is 5.08. The molecule has 1 aromatic carbocycles. The average molecular weight is 225 g/mol. The van der Waals surface area contributed by atoms with E-state index < -0.39 is 0 Å². The van der Waals surface area contributed by atoms with Crippen molar-refractivity contribution in [3.63, 3.8) is 0 Å². The molecule has 82 valence electrons. The van der Waals surface area contributed by atoms with Crippen LogP contribution >= 0.6 is 11.6 Å². The van der Waals surface area contributed by atoms with Gasteiger partial charge in [-0.15, -0.1) is 0 Å². The Morgan fingerprint density at radius 2 is 2.13 bits per heavy atom. The smallest absolute Gasteiger partial charge is 0.0861 e. The van der Waals surface area contributed by atoms with Crippen LogP contribution in [0.1, 0.15) is 19.4 Å². The monoisotopic (exact) mass is 224 g/mol. The number of anilines is 1. The number of nitrogens with zero attached hydrogens (tertiary/aromatic N) is 1. The van der Waals surface area contributed by atoms with Gasteiger partial charge in [-0.25, -0.2) is 0 Å². The molecule has 2 nitrogen and oxygen atoms in total. The molecule has 1 rings (SSSR count). The van der Waals surface area contributed by atoms with E-state index in [0.29, 0.717) is 5.92 Å². The Bertz CT molecular complexity index is 347. The summed E-state index contributed by atoms with van der Waals surface area (Å²) < 4.78 is 0. The highest BCUT2D eigenvalue weighted by atomic mass is 35.5. The van der Waals surface area contributed by atoms with Crippen molar-refractivity contribution in [1.29, 1.82) is 5.41 Å². The van der Waals surface area contributed by atoms with E-state index in [1.165, 1.54) is 6.34 Å². The van der Waals surface area contributed by atoms with Gasteiger partial charge in [0.15, 0.2) is 0 Å². The largest absolute Gasteiger partial charge is 0.332 e. The van der Waals surface area contributed by atoms with Gasteiger partial charge in [-0.05, 0) is 36.6 Å². The summed E-state index contributed by atoms with van der Waals surface area (Å²) in [6, 6.07) is 5.75. The van der Waals surface area contributed by atoms with E-state index in [4.69, 9.17) is 17.0 Å². The summed E-state index contributed by atoms with van der Waals surface area (Å²) in [5.41, 5.74) is 2.16. The molecule has 0 saturated heterocycles. The number of nitrogens with one attached hydrogen (secondary N) is 1. The Labute approximate surface area is 96.4 Å². The van der Waals surface area contributed by atoms with Crippen molar-refractivity contribution in [2.45, 2.75) is 20.8 Å². The summed E-state index contributed by atoms with van der Waals surface area (Å²) in [7, 11) is 0. The highest BCUT2D eigenvalue weighted by Gasteiger charge is 2.08. The lowest BCUT2D eigenvalue weighted by atomic mass is 10.1. The predicted octanol–water partition coefficient (Wildman–Crippen LogP) is 3.72. The van der Waals surface area contributed by atoms with Crippen molar-refractivity contribution in [1.82, 2.24) is 0 Å². The van der Waals surface area contributed by atoms with Crippen molar-refractivity contribution in [2.24, 2.45) is 5.92 Å². The predicted molar refractivity (Wildman–Crippen MR) is 67.2 cm³/mol. The second kappa shape index (κ2) is 5.17. The average Bonchev–Trinajstić information content (AvgIpc) is 2.14. The number of hydrogen-bond acceptors (Lipinski definition) is 1. The minimum atomic E-state index is 0.529. The lowest BCUT2D eigenvalue weighted by molar-refractivity contribution is 0.659. The molecule has 0 aliphatic heterocycles. The third kappa shape index (κ3) is 3.24. The molecule has 15 heavy (non-hydrogen) atoms. The standard InChI is InChI=1S/C12H17ClN2/c1-9(2)7-15(8-14)12-5-4-11(13)6-10(12)3/h4-6,8-9,14H,7H2,1-3H3. The van der Waals surface area contributed by atoms with E-state index >= 15 is 0 Å². The van der Waals surface area contributed by atoms with Crippen molar-refractivity contribution in [3.8, 4) is 0 Å².